The molecule has 1 saturated heterocycles. The third-order valence-corrected chi connectivity index (χ3v) is 4.61. The Bertz CT molecular complexity index is 672. The number of Topliss-reactive ketones (excluding diaryl/α,β-unsaturated/α-hetero) is 1. The van der Waals surface area contributed by atoms with E-state index in [0.29, 0.717) is 18.2 Å². The van der Waals surface area contributed by atoms with Crippen molar-refractivity contribution in [1.82, 2.24) is 9.80 Å². The van der Waals surface area contributed by atoms with Gasteiger partial charge in [-0.15, -0.1) is 0 Å². The van der Waals surface area contributed by atoms with E-state index in [4.69, 9.17) is 0 Å². The molecule has 2 aromatic carbocycles. The average molecular weight is 326 g/mol. The molecule has 1 heterocycles. The van der Waals surface area contributed by atoms with Crippen LogP contribution in [0.4, 0.5) is 4.39 Å². The van der Waals surface area contributed by atoms with Crippen molar-refractivity contribution < 1.29 is 9.18 Å². The molecule has 1 aliphatic rings. The first kappa shape index (κ1) is 16.8. The van der Waals surface area contributed by atoms with Crippen molar-refractivity contribution in [2.75, 3.05) is 26.2 Å². The van der Waals surface area contributed by atoms with E-state index < -0.39 is 0 Å². The molecule has 24 heavy (non-hydrogen) atoms. The molecule has 1 fully saturated rings. The fourth-order valence-corrected chi connectivity index (χ4v) is 3.20. The minimum atomic E-state index is -0.311. The van der Waals surface area contributed by atoms with E-state index in [1.807, 2.05) is 6.07 Å². The first-order chi connectivity index (χ1) is 11.6. The van der Waals surface area contributed by atoms with Crippen LogP contribution in [0.3, 0.4) is 0 Å². The van der Waals surface area contributed by atoms with Crippen LogP contribution in [-0.4, -0.2) is 47.8 Å². The van der Waals surface area contributed by atoms with Crippen molar-refractivity contribution in [3.63, 3.8) is 0 Å². The van der Waals surface area contributed by atoms with Crippen LogP contribution >= 0.6 is 0 Å². The number of hydrogen-bond donors (Lipinski definition) is 0. The minimum Gasteiger partial charge on any atom is -0.296 e. The molecule has 1 aliphatic heterocycles. The lowest BCUT2D eigenvalue weighted by atomic mass is 10.1. The number of piperazine rings is 1. The van der Waals surface area contributed by atoms with E-state index in [1.54, 1.807) is 12.1 Å². The van der Waals surface area contributed by atoms with E-state index in [0.717, 1.165) is 26.2 Å². The SMILES string of the molecule is CC1CN(Cc2ccccc2)CCN1CC(=O)c1ccc(F)cc1. The molecule has 126 valence electrons. The van der Waals surface area contributed by atoms with Crippen LogP contribution in [0.15, 0.2) is 54.6 Å². The Hall–Kier alpha value is -2.04. The van der Waals surface area contributed by atoms with Crippen LogP contribution in [0.25, 0.3) is 0 Å². The number of carbonyl (C=O) groups excluding carboxylic acids is 1. The lowest BCUT2D eigenvalue weighted by Crippen LogP contribution is -2.52. The number of carbonyl (C=O) groups is 1. The topological polar surface area (TPSA) is 23.6 Å². The molecule has 0 N–H and O–H groups in total. The van der Waals surface area contributed by atoms with Gasteiger partial charge in [0.1, 0.15) is 5.82 Å². The summed E-state index contributed by atoms with van der Waals surface area (Å²) in [5.41, 5.74) is 1.90. The second-order valence-electron chi connectivity index (χ2n) is 6.47. The Morgan fingerprint density at radius 2 is 1.79 bits per heavy atom. The summed E-state index contributed by atoms with van der Waals surface area (Å²) in [5.74, 6) is -0.257. The number of ketones is 1. The molecule has 0 radical (unpaired) electrons. The highest BCUT2D eigenvalue weighted by Gasteiger charge is 2.25. The van der Waals surface area contributed by atoms with Crippen molar-refractivity contribution in [2.45, 2.75) is 19.5 Å². The molecule has 0 bridgehead atoms. The molecule has 1 atom stereocenters. The van der Waals surface area contributed by atoms with Gasteiger partial charge < -0.3 is 0 Å². The highest BCUT2D eigenvalue weighted by molar-refractivity contribution is 5.97. The van der Waals surface area contributed by atoms with Gasteiger partial charge in [0.25, 0.3) is 0 Å². The van der Waals surface area contributed by atoms with Crippen LogP contribution in [0.1, 0.15) is 22.8 Å². The van der Waals surface area contributed by atoms with Crippen molar-refractivity contribution >= 4 is 5.78 Å². The highest BCUT2D eigenvalue weighted by atomic mass is 19.1. The summed E-state index contributed by atoms with van der Waals surface area (Å²) in [6.45, 7) is 6.29. The zero-order chi connectivity index (χ0) is 16.9. The molecule has 0 saturated carbocycles. The van der Waals surface area contributed by atoms with Crippen molar-refractivity contribution in [3.8, 4) is 0 Å². The van der Waals surface area contributed by atoms with Gasteiger partial charge in [-0.3, -0.25) is 14.6 Å². The van der Waals surface area contributed by atoms with Crippen molar-refractivity contribution in [3.05, 3.63) is 71.5 Å². The van der Waals surface area contributed by atoms with Gasteiger partial charge in [0.2, 0.25) is 0 Å². The predicted molar refractivity (Wildman–Crippen MR) is 93.5 cm³/mol. The Morgan fingerprint density at radius 1 is 1.08 bits per heavy atom. The van der Waals surface area contributed by atoms with Gasteiger partial charge in [0.05, 0.1) is 6.54 Å². The second kappa shape index (κ2) is 7.69. The second-order valence-corrected chi connectivity index (χ2v) is 6.47. The van der Waals surface area contributed by atoms with E-state index in [9.17, 15) is 9.18 Å². The molecule has 3 rings (SSSR count). The number of benzene rings is 2. The predicted octanol–water partition coefficient (Wildman–Crippen LogP) is 3.21. The fraction of sp³-hybridized carbons (Fsp3) is 0.350. The van der Waals surface area contributed by atoms with Crippen LogP contribution in [0.5, 0.6) is 0 Å². The Kier molecular flexibility index (Phi) is 5.38. The van der Waals surface area contributed by atoms with Gasteiger partial charge in [0, 0.05) is 37.8 Å². The molecule has 4 heteroatoms. The van der Waals surface area contributed by atoms with Gasteiger partial charge in [-0.1, -0.05) is 30.3 Å². The average Bonchev–Trinajstić information content (AvgIpc) is 2.59. The molecule has 0 amide bonds. The van der Waals surface area contributed by atoms with Crippen LogP contribution in [-0.2, 0) is 6.54 Å². The normalized spacial score (nSPS) is 19.3. The summed E-state index contributed by atoms with van der Waals surface area (Å²) in [6, 6.07) is 16.6. The first-order valence-electron chi connectivity index (χ1n) is 8.41. The largest absolute Gasteiger partial charge is 0.296 e. The first-order valence-corrected chi connectivity index (χ1v) is 8.41. The number of nitrogens with zero attached hydrogens (tertiary/aromatic N) is 2. The quantitative estimate of drug-likeness (QED) is 0.788. The maximum absolute atomic E-state index is 13.0. The van der Waals surface area contributed by atoms with Crippen LogP contribution in [0, 0.1) is 5.82 Å². The number of halogens is 1. The summed E-state index contributed by atoms with van der Waals surface area (Å²) in [4.78, 5) is 17.0. The Morgan fingerprint density at radius 3 is 2.46 bits per heavy atom. The lowest BCUT2D eigenvalue weighted by molar-refractivity contribution is 0.0657. The van der Waals surface area contributed by atoms with Crippen LogP contribution < -0.4 is 0 Å². The molecule has 0 spiro atoms. The molecule has 0 aromatic heterocycles. The zero-order valence-corrected chi connectivity index (χ0v) is 14.0. The molecule has 3 nitrogen and oxygen atoms in total. The van der Waals surface area contributed by atoms with Gasteiger partial charge in [-0.25, -0.2) is 4.39 Å². The zero-order valence-electron chi connectivity index (χ0n) is 14.0. The third-order valence-electron chi connectivity index (χ3n) is 4.61. The fourth-order valence-electron chi connectivity index (χ4n) is 3.20. The summed E-state index contributed by atoms with van der Waals surface area (Å²) in [7, 11) is 0. The maximum atomic E-state index is 13.0. The number of hydrogen-bond acceptors (Lipinski definition) is 3. The molecule has 1 unspecified atom stereocenters. The Balaban J connectivity index is 1.54. The molecule has 2 aromatic rings. The van der Waals surface area contributed by atoms with Gasteiger partial charge in [-0.05, 0) is 36.8 Å². The van der Waals surface area contributed by atoms with Gasteiger partial charge in [-0.2, -0.15) is 0 Å². The van der Waals surface area contributed by atoms with E-state index in [1.165, 1.54) is 17.7 Å². The van der Waals surface area contributed by atoms with E-state index in [-0.39, 0.29) is 11.6 Å². The summed E-state index contributed by atoms with van der Waals surface area (Å²) >= 11 is 0. The van der Waals surface area contributed by atoms with E-state index in [2.05, 4.69) is 41.0 Å². The monoisotopic (exact) mass is 326 g/mol. The smallest absolute Gasteiger partial charge is 0.176 e. The summed E-state index contributed by atoms with van der Waals surface area (Å²) in [6.07, 6.45) is 0. The Labute approximate surface area is 142 Å². The van der Waals surface area contributed by atoms with Crippen molar-refractivity contribution in [2.24, 2.45) is 0 Å². The maximum Gasteiger partial charge on any atom is 0.176 e. The number of rotatable bonds is 5. The highest BCUT2D eigenvalue weighted by Crippen LogP contribution is 2.14. The standard InChI is InChI=1S/C20H23FN2O/c1-16-13-22(14-17-5-3-2-4-6-17)11-12-23(16)15-20(24)18-7-9-19(21)10-8-18/h2-10,16H,11-15H2,1H3. The molecular weight excluding hydrogens is 303 g/mol. The molecular formula is C20H23FN2O. The van der Waals surface area contributed by atoms with Gasteiger partial charge in [0.15, 0.2) is 5.78 Å². The van der Waals surface area contributed by atoms with Crippen molar-refractivity contribution in [1.29, 1.82) is 0 Å². The van der Waals surface area contributed by atoms with E-state index >= 15 is 0 Å². The van der Waals surface area contributed by atoms with Crippen LogP contribution in [0.2, 0.25) is 0 Å². The third kappa shape index (κ3) is 4.28. The summed E-state index contributed by atoms with van der Waals surface area (Å²) < 4.78 is 13.0. The minimum absolute atomic E-state index is 0.0540. The lowest BCUT2D eigenvalue weighted by Gasteiger charge is -2.39. The summed E-state index contributed by atoms with van der Waals surface area (Å²) in [5, 5.41) is 0. The van der Waals surface area contributed by atoms with Gasteiger partial charge >= 0.3 is 0 Å². The molecule has 0 aliphatic carbocycles.